The largest absolute Gasteiger partial charge is 0.493 e. The Morgan fingerprint density at radius 1 is 0.862 bits per heavy atom. The normalized spacial score (nSPS) is 14.4. The first kappa shape index (κ1) is 20.7. The van der Waals surface area contributed by atoms with Crippen molar-refractivity contribution in [3.05, 3.63) is 60.2 Å². The van der Waals surface area contributed by atoms with E-state index in [2.05, 4.69) is 0 Å². The van der Waals surface area contributed by atoms with Gasteiger partial charge in [0.1, 0.15) is 0 Å². The minimum atomic E-state index is -0.597. The van der Waals surface area contributed by atoms with Crippen LogP contribution in [-0.4, -0.2) is 61.5 Å². The van der Waals surface area contributed by atoms with Gasteiger partial charge in [0, 0.05) is 26.2 Å². The van der Waals surface area contributed by atoms with Crippen LogP contribution in [0, 0.1) is 0 Å². The number of carbonyl (C=O) groups is 2. The monoisotopic (exact) mass is 396 g/mol. The molecule has 2 amide bonds. The lowest BCUT2D eigenvalue weighted by Gasteiger charge is -2.38. The number of carbonyl (C=O) groups excluding carboxylic acids is 2. The second-order valence-corrected chi connectivity index (χ2v) is 7.60. The Labute approximate surface area is 172 Å². The molecule has 0 aromatic heterocycles. The summed E-state index contributed by atoms with van der Waals surface area (Å²) in [6, 6.07) is 17.0. The maximum atomic E-state index is 13.1. The molecule has 0 aliphatic carbocycles. The van der Waals surface area contributed by atoms with E-state index >= 15 is 0 Å². The molecule has 6 nitrogen and oxygen atoms in total. The van der Waals surface area contributed by atoms with Crippen molar-refractivity contribution in [2.75, 3.05) is 39.9 Å². The first-order valence-corrected chi connectivity index (χ1v) is 9.82. The third-order valence-corrected chi connectivity index (χ3v) is 5.37. The van der Waals surface area contributed by atoms with Crippen molar-refractivity contribution in [2.45, 2.75) is 19.3 Å². The second-order valence-electron chi connectivity index (χ2n) is 7.60. The van der Waals surface area contributed by atoms with Gasteiger partial charge in [-0.3, -0.25) is 9.59 Å². The van der Waals surface area contributed by atoms with Gasteiger partial charge in [0.25, 0.3) is 5.91 Å². The van der Waals surface area contributed by atoms with E-state index in [1.165, 1.54) is 0 Å². The lowest BCUT2D eigenvalue weighted by Crippen LogP contribution is -2.55. The van der Waals surface area contributed by atoms with Crippen molar-refractivity contribution in [1.29, 1.82) is 0 Å². The second kappa shape index (κ2) is 8.99. The quantitative estimate of drug-likeness (QED) is 0.753. The molecule has 0 spiro atoms. The van der Waals surface area contributed by atoms with Gasteiger partial charge in [-0.05, 0) is 31.5 Å². The smallest absolute Gasteiger partial charge is 0.260 e. The van der Waals surface area contributed by atoms with E-state index < -0.39 is 5.41 Å². The van der Waals surface area contributed by atoms with Crippen molar-refractivity contribution in [1.82, 2.24) is 9.80 Å². The van der Waals surface area contributed by atoms with Crippen LogP contribution >= 0.6 is 0 Å². The molecule has 0 radical (unpaired) electrons. The fourth-order valence-electron chi connectivity index (χ4n) is 3.50. The fourth-order valence-corrected chi connectivity index (χ4v) is 3.50. The summed E-state index contributed by atoms with van der Waals surface area (Å²) in [7, 11) is 1.57. The van der Waals surface area contributed by atoms with E-state index in [4.69, 9.17) is 9.47 Å². The molecule has 0 saturated carbocycles. The number of ether oxygens (including phenoxy) is 2. The van der Waals surface area contributed by atoms with Crippen LogP contribution in [0.2, 0.25) is 0 Å². The SMILES string of the molecule is COc1ccccc1OCC(=O)N1CCN(C(=O)C(C)(C)c2ccccc2)CC1. The van der Waals surface area contributed by atoms with E-state index in [1.54, 1.807) is 24.1 Å². The summed E-state index contributed by atoms with van der Waals surface area (Å²) < 4.78 is 10.9. The average Bonchev–Trinajstić information content (AvgIpc) is 2.77. The summed E-state index contributed by atoms with van der Waals surface area (Å²) in [6.45, 7) is 5.90. The molecule has 2 aromatic rings. The van der Waals surface area contributed by atoms with E-state index in [9.17, 15) is 9.59 Å². The van der Waals surface area contributed by atoms with E-state index in [1.807, 2.05) is 61.2 Å². The number of piperazine rings is 1. The number of benzene rings is 2. The van der Waals surface area contributed by atoms with Crippen LogP contribution in [0.4, 0.5) is 0 Å². The van der Waals surface area contributed by atoms with Gasteiger partial charge in [0.15, 0.2) is 18.1 Å². The number of rotatable bonds is 6. The number of nitrogens with zero attached hydrogens (tertiary/aromatic N) is 2. The van der Waals surface area contributed by atoms with Gasteiger partial charge in [-0.15, -0.1) is 0 Å². The van der Waals surface area contributed by atoms with Crippen molar-refractivity contribution >= 4 is 11.8 Å². The molecule has 0 atom stereocenters. The zero-order valence-electron chi connectivity index (χ0n) is 17.3. The first-order chi connectivity index (χ1) is 13.9. The molecule has 1 saturated heterocycles. The van der Waals surface area contributed by atoms with Crippen LogP contribution in [-0.2, 0) is 15.0 Å². The Hall–Kier alpha value is -3.02. The number of hydrogen-bond donors (Lipinski definition) is 0. The van der Waals surface area contributed by atoms with Crippen molar-refractivity contribution in [3.63, 3.8) is 0 Å². The predicted octanol–water partition coefficient (Wildman–Crippen LogP) is 2.72. The molecule has 0 unspecified atom stereocenters. The molecule has 1 heterocycles. The van der Waals surface area contributed by atoms with Crippen molar-refractivity contribution < 1.29 is 19.1 Å². The Balaban J connectivity index is 1.53. The highest BCUT2D eigenvalue weighted by Crippen LogP contribution is 2.27. The molecule has 154 valence electrons. The third kappa shape index (κ3) is 4.70. The zero-order chi connectivity index (χ0) is 20.9. The van der Waals surface area contributed by atoms with Gasteiger partial charge in [-0.25, -0.2) is 0 Å². The van der Waals surface area contributed by atoms with Crippen molar-refractivity contribution in [2.24, 2.45) is 0 Å². The molecule has 0 bridgehead atoms. The highest BCUT2D eigenvalue weighted by Gasteiger charge is 2.35. The van der Waals surface area contributed by atoms with Gasteiger partial charge in [0.2, 0.25) is 5.91 Å². The molecule has 1 fully saturated rings. The average molecular weight is 396 g/mol. The molecule has 3 rings (SSSR count). The van der Waals surface area contributed by atoms with Gasteiger partial charge < -0.3 is 19.3 Å². The zero-order valence-corrected chi connectivity index (χ0v) is 17.3. The van der Waals surface area contributed by atoms with Gasteiger partial charge in [0.05, 0.1) is 12.5 Å². The van der Waals surface area contributed by atoms with Crippen LogP contribution < -0.4 is 9.47 Å². The highest BCUT2D eigenvalue weighted by molar-refractivity contribution is 5.87. The Morgan fingerprint density at radius 3 is 2.03 bits per heavy atom. The molecule has 1 aliphatic heterocycles. The lowest BCUT2D eigenvalue weighted by atomic mass is 9.83. The summed E-state index contributed by atoms with van der Waals surface area (Å²) in [5, 5.41) is 0. The third-order valence-electron chi connectivity index (χ3n) is 5.37. The van der Waals surface area contributed by atoms with Crippen LogP contribution in [0.25, 0.3) is 0 Å². The molecule has 29 heavy (non-hydrogen) atoms. The number of para-hydroxylation sites is 2. The van der Waals surface area contributed by atoms with E-state index in [0.717, 1.165) is 5.56 Å². The van der Waals surface area contributed by atoms with Crippen LogP contribution in [0.3, 0.4) is 0 Å². The molecule has 1 aliphatic rings. The molecule has 0 N–H and O–H groups in total. The summed E-state index contributed by atoms with van der Waals surface area (Å²) in [5.74, 6) is 1.13. The summed E-state index contributed by atoms with van der Waals surface area (Å²) >= 11 is 0. The molecule has 6 heteroatoms. The maximum Gasteiger partial charge on any atom is 0.260 e. The topological polar surface area (TPSA) is 59.1 Å². The standard InChI is InChI=1S/C23H28N2O4/c1-23(2,18-9-5-4-6-10-18)22(27)25-15-13-24(14-16-25)21(26)17-29-20-12-8-7-11-19(20)28-3/h4-12H,13-17H2,1-3H3. The van der Waals surface area contributed by atoms with Gasteiger partial charge in [-0.1, -0.05) is 42.5 Å². The minimum absolute atomic E-state index is 0.0518. The van der Waals surface area contributed by atoms with Crippen LogP contribution in [0.1, 0.15) is 19.4 Å². The highest BCUT2D eigenvalue weighted by atomic mass is 16.5. The maximum absolute atomic E-state index is 13.1. The predicted molar refractivity (Wildman–Crippen MR) is 111 cm³/mol. The van der Waals surface area contributed by atoms with E-state index in [-0.39, 0.29) is 18.4 Å². The van der Waals surface area contributed by atoms with Gasteiger partial charge in [-0.2, -0.15) is 0 Å². The number of amides is 2. The summed E-state index contributed by atoms with van der Waals surface area (Å²) in [5.41, 5.74) is 0.397. The molecular formula is C23H28N2O4. The van der Waals surface area contributed by atoms with Crippen LogP contribution in [0.15, 0.2) is 54.6 Å². The molecular weight excluding hydrogens is 368 g/mol. The molecule has 2 aromatic carbocycles. The Kier molecular flexibility index (Phi) is 6.42. The minimum Gasteiger partial charge on any atom is -0.493 e. The summed E-state index contributed by atoms with van der Waals surface area (Å²) in [6.07, 6.45) is 0. The lowest BCUT2D eigenvalue weighted by molar-refractivity contribution is -0.143. The number of methoxy groups -OCH3 is 1. The Bertz CT molecular complexity index is 843. The first-order valence-electron chi connectivity index (χ1n) is 9.82. The number of hydrogen-bond acceptors (Lipinski definition) is 4. The van der Waals surface area contributed by atoms with Gasteiger partial charge >= 0.3 is 0 Å². The van der Waals surface area contributed by atoms with E-state index in [0.29, 0.717) is 37.7 Å². The van der Waals surface area contributed by atoms with Crippen LogP contribution in [0.5, 0.6) is 11.5 Å². The fraction of sp³-hybridized carbons (Fsp3) is 0.391. The van der Waals surface area contributed by atoms with Crippen molar-refractivity contribution in [3.8, 4) is 11.5 Å². The Morgan fingerprint density at radius 2 is 1.41 bits per heavy atom. The summed E-state index contributed by atoms with van der Waals surface area (Å²) in [4.78, 5) is 29.2.